The standard InChI is InChI=1S/C18H18N2O4S2/c19-17(21)12-5-7-13(8-6-12)20-18(22)15-3-1-2-4-16(15)25-14-9-10-26(23,24)11-14/h1-8,14H,9-11H2,(H2,19,21)(H,20,22)/t14-/m0/s1. The van der Waals surface area contributed by atoms with Crippen LogP contribution >= 0.6 is 11.8 Å². The first-order valence-corrected chi connectivity index (χ1v) is 10.7. The monoisotopic (exact) mass is 390 g/mol. The van der Waals surface area contributed by atoms with Crippen LogP contribution in [0.3, 0.4) is 0 Å². The zero-order valence-electron chi connectivity index (χ0n) is 13.8. The summed E-state index contributed by atoms with van der Waals surface area (Å²) in [4.78, 5) is 24.5. The molecule has 3 rings (SSSR count). The highest BCUT2D eigenvalue weighted by atomic mass is 32.2. The van der Waals surface area contributed by atoms with Gasteiger partial charge in [-0.15, -0.1) is 11.8 Å². The summed E-state index contributed by atoms with van der Waals surface area (Å²) in [5.41, 5.74) is 6.59. The van der Waals surface area contributed by atoms with Gasteiger partial charge < -0.3 is 11.1 Å². The predicted molar refractivity (Wildman–Crippen MR) is 102 cm³/mol. The Labute approximate surface area is 156 Å². The third-order valence-corrected chi connectivity index (χ3v) is 7.37. The van der Waals surface area contributed by atoms with Gasteiger partial charge in [0, 0.05) is 21.4 Å². The number of thioether (sulfide) groups is 1. The van der Waals surface area contributed by atoms with Crippen LogP contribution in [0.2, 0.25) is 0 Å². The van der Waals surface area contributed by atoms with Crippen molar-refractivity contribution in [2.75, 3.05) is 16.8 Å². The first-order chi connectivity index (χ1) is 12.3. The molecule has 0 spiro atoms. The third kappa shape index (κ3) is 4.44. The van der Waals surface area contributed by atoms with Crippen LogP contribution in [0.25, 0.3) is 0 Å². The van der Waals surface area contributed by atoms with Gasteiger partial charge in [-0.1, -0.05) is 12.1 Å². The Hall–Kier alpha value is -2.32. The molecule has 0 aromatic heterocycles. The van der Waals surface area contributed by atoms with Gasteiger partial charge in [-0.05, 0) is 42.8 Å². The fourth-order valence-electron chi connectivity index (χ4n) is 2.71. The summed E-state index contributed by atoms with van der Waals surface area (Å²) in [5.74, 6) is -0.482. The number of anilines is 1. The third-order valence-electron chi connectivity index (χ3n) is 4.04. The predicted octanol–water partition coefficient (Wildman–Crippen LogP) is 2.32. The van der Waals surface area contributed by atoms with Crippen molar-refractivity contribution in [2.24, 2.45) is 5.73 Å². The summed E-state index contributed by atoms with van der Waals surface area (Å²) < 4.78 is 23.3. The van der Waals surface area contributed by atoms with E-state index >= 15 is 0 Å². The number of amides is 2. The normalized spacial score (nSPS) is 18.4. The number of hydrogen-bond donors (Lipinski definition) is 2. The van der Waals surface area contributed by atoms with Gasteiger partial charge in [-0.2, -0.15) is 0 Å². The lowest BCUT2D eigenvalue weighted by molar-refractivity contribution is 0.0998. The van der Waals surface area contributed by atoms with E-state index in [1.165, 1.54) is 11.8 Å². The molecule has 1 atom stereocenters. The number of primary amides is 1. The average molecular weight is 390 g/mol. The van der Waals surface area contributed by atoms with Crippen LogP contribution in [0.15, 0.2) is 53.4 Å². The maximum absolute atomic E-state index is 12.6. The number of carbonyl (C=O) groups excluding carboxylic acids is 2. The molecule has 26 heavy (non-hydrogen) atoms. The van der Waals surface area contributed by atoms with Crippen molar-refractivity contribution in [3.8, 4) is 0 Å². The molecule has 0 radical (unpaired) electrons. The number of rotatable bonds is 5. The summed E-state index contributed by atoms with van der Waals surface area (Å²) in [6.07, 6.45) is 0.595. The van der Waals surface area contributed by atoms with Crippen molar-refractivity contribution in [3.05, 3.63) is 59.7 Å². The Balaban J connectivity index is 1.74. The molecule has 6 nitrogen and oxygen atoms in total. The minimum absolute atomic E-state index is 0.0381. The van der Waals surface area contributed by atoms with Gasteiger partial charge >= 0.3 is 0 Å². The Morgan fingerprint density at radius 1 is 1.08 bits per heavy atom. The average Bonchev–Trinajstić information content (AvgIpc) is 2.94. The quantitative estimate of drug-likeness (QED) is 0.815. The summed E-state index contributed by atoms with van der Waals surface area (Å²) in [6.45, 7) is 0. The summed E-state index contributed by atoms with van der Waals surface area (Å²) >= 11 is 1.42. The lowest BCUT2D eigenvalue weighted by atomic mass is 10.1. The van der Waals surface area contributed by atoms with Crippen molar-refractivity contribution in [1.82, 2.24) is 0 Å². The van der Waals surface area contributed by atoms with Crippen LogP contribution in [0.5, 0.6) is 0 Å². The van der Waals surface area contributed by atoms with E-state index in [1.54, 1.807) is 36.4 Å². The SMILES string of the molecule is NC(=O)c1ccc(NC(=O)c2ccccc2S[C@H]2CCS(=O)(=O)C2)cc1. The highest BCUT2D eigenvalue weighted by Gasteiger charge is 2.29. The van der Waals surface area contributed by atoms with Crippen LogP contribution in [0.1, 0.15) is 27.1 Å². The second kappa shape index (κ2) is 7.51. The molecule has 8 heteroatoms. The zero-order valence-corrected chi connectivity index (χ0v) is 15.5. The van der Waals surface area contributed by atoms with Crippen molar-refractivity contribution in [2.45, 2.75) is 16.6 Å². The van der Waals surface area contributed by atoms with Crippen LogP contribution in [0, 0.1) is 0 Å². The molecule has 1 saturated heterocycles. The Bertz CT molecular complexity index is 940. The van der Waals surface area contributed by atoms with Gasteiger partial charge in [0.1, 0.15) is 0 Å². The Kier molecular flexibility index (Phi) is 5.33. The van der Waals surface area contributed by atoms with Crippen molar-refractivity contribution >= 4 is 39.1 Å². The minimum atomic E-state index is -2.97. The molecule has 1 heterocycles. The van der Waals surface area contributed by atoms with Crippen LogP contribution in [-0.4, -0.2) is 37.0 Å². The van der Waals surface area contributed by atoms with Gasteiger partial charge in [-0.25, -0.2) is 8.42 Å². The van der Waals surface area contributed by atoms with Crippen molar-refractivity contribution in [3.63, 3.8) is 0 Å². The van der Waals surface area contributed by atoms with E-state index in [9.17, 15) is 18.0 Å². The smallest absolute Gasteiger partial charge is 0.256 e. The second-order valence-electron chi connectivity index (χ2n) is 6.03. The van der Waals surface area contributed by atoms with E-state index in [-0.39, 0.29) is 22.7 Å². The van der Waals surface area contributed by atoms with Gasteiger partial charge in [0.15, 0.2) is 9.84 Å². The van der Waals surface area contributed by atoms with Crippen LogP contribution < -0.4 is 11.1 Å². The second-order valence-corrected chi connectivity index (χ2v) is 9.61. The number of hydrogen-bond acceptors (Lipinski definition) is 5. The first-order valence-electron chi connectivity index (χ1n) is 8.01. The maximum Gasteiger partial charge on any atom is 0.256 e. The van der Waals surface area contributed by atoms with Crippen LogP contribution in [0.4, 0.5) is 5.69 Å². The lowest BCUT2D eigenvalue weighted by Crippen LogP contribution is -2.15. The molecular formula is C18H18N2O4S2. The molecule has 2 aromatic carbocycles. The topological polar surface area (TPSA) is 106 Å². The number of sulfone groups is 1. The molecule has 1 aliphatic heterocycles. The summed E-state index contributed by atoms with van der Waals surface area (Å²) in [6, 6.07) is 13.4. The Morgan fingerprint density at radius 3 is 2.38 bits per heavy atom. The van der Waals surface area contributed by atoms with Crippen LogP contribution in [-0.2, 0) is 9.84 Å². The molecule has 2 amide bonds. The lowest BCUT2D eigenvalue weighted by Gasteiger charge is -2.13. The highest BCUT2D eigenvalue weighted by molar-refractivity contribution is 8.02. The minimum Gasteiger partial charge on any atom is -0.366 e. The molecule has 0 saturated carbocycles. The molecule has 1 fully saturated rings. The molecule has 0 aliphatic carbocycles. The number of nitrogens with one attached hydrogen (secondary N) is 1. The van der Waals surface area contributed by atoms with E-state index < -0.39 is 15.7 Å². The highest BCUT2D eigenvalue weighted by Crippen LogP contribution is 2.33. The molecule has 1 aliphatic rings. The van der Waals surface area contributed by atoms with Gasteiger partial charge in [0.05, 0.1) is 17.1 Å². The summed E-state index contributed by atoms with van der Waals surface area (Å²) in [7, 11) is -2.97. The molecular weight excluding hydrogens is 372 g/mol. The van der Waals surface area contributed by atoms with Gasteiger partial charge in [0.2, 0.25) is 5.91 Å². The molecule has 0 bridgehead atoms. The van der Waals surface area contributed by atoms with E-state index in [2.05, 4.69) is 5.32 Å². The molecule has 2 aromatic rings. The van der Waals surface area contributed by atoms with Crippen molar-refractivity contribution < 1.29 is 18.0 Å². The largest absolute Gasteiger partial charge is 0.366 e. The fourth-order valence-corrected chi connectivity index (χ4v) is 6.33. The first kappa shape index (κ1) is 18.5. The number of carbonyl (C=O) groups is 2. The fraction of sp³-hybridized carbons (Fsp3) is 0.222. The number of nitrogens with two attached hydrogens (primary N) is 1. The van der Waals surface area contributed by atoms with Crippen molar-refractivity contribution in [1.29, 1.82) is 0 Å². The summed E-state index contributed by atoms with van der Waals surface area (Å²) in [5, 5.41) is 2.75. The maximum atomic E-state index is 12.6. The number of benzene rings is 2. The molecule has 3 N–H and O–H groups in total. The van der Waals surface area contributed by atoms with E-state index in [1.807, 2.05) is 12.1 Å². The Morgan fingerprint density at radius 2 is 1.77 bits per heavy atom. The van der Waals surface area contributed by atoms with Gasteiger partial charge in [-0.3, -0.25) is 9.59 Å². The van der Waals surface area contributed by atoms with E-state index in [4.69, 9.17) is 5.73 Å². The molecule has 136 valence electrons. The van der Waals surface area contributed by atoms with E-state index in [0.29, 0.717) is 23.2 Å². The van der Waals surface area contributed by atoms with E-state index in [0.717, 1.165) is 4.90 Å². The zero-order chi connectivity index (χ0) is 18.7. The molecule has 0 unspecified atom stereocenters. The van der Waals surface area contributed by atoms with Gasteiger partial charge in [0.25, 0.3) is 5.91 Å².